The van der Waals surface area contributed by atoms with Crippen LogP contribution in [-0.2, 0) is 19.2 Å². The normalized spacial score (nSPS) is 17.1. The van der Waals surface area contributed by atoms with Crippen LogP contribution < -0.4 is 27.9 Å². The maximum atomic E-state index is 13.5. The first-order valence-corrected chi connectivity index (χ1v) is 10.8. The van der Waals surface area contributed by atoms with Crippen LogP contribution >= 0.6 is 0 Å². The van der Waals surface area contributed by atoms with Crippen LogP contribution in [0.3, 0.4) is 0 Å². The maximum Gasteiger partial charge on any atom is 0.332 e. The Bertz CT molecular complexity index is 818. The van der Waals surface area contributed by atoms with Crippen molar-refractivity contribution in [2.24, 2.45) is 22.3 Å². The number of likely N-dealkylation sites (tertiary alicyclic amines) is 1. The van der Waals surface area contributed by atoms with E-state index in [1.807, 2.05) is 5.43 Å². The molecule has 15 nitrogen and oxygen atoms in total. The number of carbonyl (C=O) groups is 5. The first-order valence-electron chi connectivity index (χ1n) is 10.8. The molecule has 1 aliphatic heterocycles. The predicted molar refractivity (Wildman–Crippen MR) is 121 cm³/mol. The lowest BCUT2D eigenvalue weighted by Crippen LogP contribution is -2.56. The molecule has 1 rings (SSSR count). The van der Waals surface area contributed by atoms with Gasteiger partial charge in [-0.25, -0.2) is 10.2 Å². The van der Waals surface area contributed by atoms with Gasteiger partial charge in [-0.2, -0.15) is 5.10 Å². The topological polar surface area (TPSA) is 250 Å². The number of guanidine groups is 1. The highest BCUT2D eigenvalue weighted by Crippen LogP contribution is 2.23. The van der Waals surface area contributed by atoms with Crippen molar-refractivity contribution in [1.29, 1.82) is 5.41 Å². The summed E-state index contributed by atoms with van der Waals surface area (Å²) in [6, 6.07) is -4.16. The van der Waals surface area contributed by atoms with Crippen molar-refractivity contribution >= 4 is 41.9 Å². The number of nitrogens with two attached hydrogens (primary N) is 3. The zero-order valence-electron chi connectivity index (χ0n) is 19.0. The van der Waals surface area contributed by atoms with Crippen molar-refractivity contribution in [2.45, 2.75) is 63.6 Å². The summed E-state index contributed by atoms with van der Waals surface area (Å²) in [7, 11) is 0. The lowest BCUT2D eigenvalue weighted by atomic mass is 10.1. The maximum absolute atomic E-state index is 13.5. The van der Waals surface area contributed by atoms with E-state index in [1.165, 1.54) is 11.1 Å². The number of urea groups is 1. The molecule has 0 aromatic heterocycles. The van der Waals surface area contributed by atoms with Gasteiger partial charge >= 0.3 is 12.0 Å². The van der Waals surface area contributed by atoms with Crippen LogP contribution in [0.1, 0.15) is 45.4 Å². The summed E-state index contributed by atoms with van der Waals surface area (Å²) in [6.07, 6.45) is 1.91. The number of primary amides is 1. The monoisotopic (exact) mass is 483 g/mol. The van der Waals surface area contributed by atoms with Gasteiger partial charge in [0.1, 0.15) is 6.04 Å². The molecule has 0 aliphatic carbocycles. The number of hydrogen-bond donors (Lipinski definition) is 7. The highest BCUT2D eigenvalue weighted by atomic mass is 16.4. The number of rotatable bonds is 12. The minimum absolute atomic E-state index is 0.0236. The minimum Gasteiger partial charge on any atom is -0.481 e. The third-order valence-electron chi connectivity index (χ3n) is 5.09. The summed E-state index contributed by atoms with van der Waals surface area (Å²) in [5.74, 6) is -3.36. The van der Waals surface area contributed by atoms with Crippen molar-refractivity contribution in [3.05, 3.63) is 0 Å². The highest BCUT2D eigenvalue weighted by molar-refractivity contribution is 6.02. The number of nitrogens with zero attached hydrogens (tertiary/aromatic N) is 3. The van der Waals surface area contributed by atoms with Crippen LogP contribution in [0.5, 0.6) is 0 Å². The van der Waals surface area contributed by atoms with E-state index < -0.39 is 54.3 Å². The Balaban J connectivity index is 3.17. The Kier molecular flexibility index (Phi) is 11.4. The van der Waals surface area contributed by atoms with E-state index in [2.05, 4.69) is 10.4 Å². The molecule has 5 amide bonds. The number of hydrogen-bond acceptors (Lipinski definition) is 8. The van der Waals surface area contributed by atoms with Gasteiger partial charge in [-0.1, -0.05) is 6.92 Å². The fraction of sp³-hybridized carbons (Fsp3) is 0.632. The number of amides is 5. The first-order chi connectivity index (χ1) is 16.0. The van der Waals surface area contributed by atoms with E-state index in [0.29, 0.717) is 12.8 Å². The largest absolute Gasteiger partial charge is 0.481 e. The number of carboxylic acids is 1. The van der Waals surface area contributed by atoms with Gasteiger partial charge in [0.05, 0.1) is 18.5 Å². The first kappa shape index (κ1) is 28.3. The molecule has 34 heavy (non-hydrogen) atoms. The molecule has 0 unspecified atom stereocenters. The molecule has 15 heteroatoms. The molecule has 0 spiro atoms. The Morgan fingerprint density at radius 2 is 1.97 bits per heavy atom. The Labute approximate surface area is 196 Å². The third-order valence-corrected chi connectivity index (χ3v) is 5.09. The fourth-order valence-corrected chi connectivity index (χ4v) is 3.57. The van der Waals surface area contributed by atoms with Crippen LogP contribution in [0.2, 0.25) is 0 Å². The molecular weight excluding hydrogens is 450 g/mol. The van der Waals surface area contributed by atoms with Crippen LogP contribution in [0.4, 0.5) is 4.79 Å². The SMILES string of the molecule is CCC(=O)N(C(=O)[C@@H]1CCCN1C(=O)[C@@H](N)CC(=O)O)[C@H](C=NNC(N)=O)CCCNC(=N)N. The van der Waals surface area contributed by atoms with Gasteiger partial charge in [0.15, 0.2) is 5.96 Å². The molecular formula is C19H33N9O6. The molecule has 0 bridgehead atoms. The van der Waals surface area contributed by atoms with Crippen LogP contribution in [-0.4, -0.2) is 88.0 Å². The highest BCUT2D eigenvalue weighted by Gasteiger charge is 2.41. The number of imide groups is 1. The predicted octanol–water partition coefficient (Wildman–Crippen LogP) is -2.17. The van der Waals surface area contributed by atoms with E-state index in [0.717, 1.165) is 4.90 Å². The van der Waals surface area contributed by atoms with Crippen molar-refractivity contribution in [2.75, 3.05) is 13.1 Å². The number of nitrogens with one attached hydrogen (secondary N) is 3. The van der Waals surface area contributed by atoms with Crippen molar-refractivity contribution in [3.63, 3.8) is 0 Å². The van der Waals surface area contributed by atoms with E-state index in [1.54, 1.807) is 6.92 Å². The van der Waals surface area contributed by atoms with E-state index in [9.17, 15) is 24.0 Å². The van der Waals surface area contributed by atoms with Gasteiger partial charge in [0.2, 0.25) is 11.8 Å². The van der Waals surface area contributed by atoms with Crippen LogP contribution in [0.25, 0.3) is 0 Å². The Hall–Kier alpha value is -3.75. The third kappa shape index (κ3) is 8.65. The summed E-state index contributed by atoms with van der Waals surface area (Å²) in [5, 5.41) is 22.5. The zero-order chi connectivity index (χ0) is 25.8. The summed E-state index contributed by atoms with van der Waals surface area (Å²) in [4.78, 5) is 63.1. The summed E-state index contributed by atoms with van der Waals surface area (Å²) < 4.78 is 0. The van der Waals surface area contributed by atoms with Crippen molar-refractivity contribution < 1.29 is 29.1 Å². The second kappa shape index (κ2) is 13.7. The van der Waals surface area contributed by atoms with Crippen molar-refractivity contribution in [3.8, 4) is 0 Å². The van der Waals surface area contributed by atoms with E-state index >= 15 is 0 Å². The van der Waals surface area contributed by atoms with Crippen molar-refractivity contribution in [1.82, 2.24) is 20.5 Å². The molecule has 0 aromatic carbocycles. The molecule has 1 aliphatic rings. The molecule has 190 valence electrons. The molecule has 0 radical (unpaired) electrons. The van der Waals surface area contributed by atoms with Gasteiger partial charge in [-0.15, -0.1) is 0 Å². The van der Waals surface area contributed by atoms with E-state index in [-0.39, 0.29) is 38.3 Å². The van der Waals surface area contributed by atoms with Gasteiger partial charge < -0.3 is 32.5 Å². The van der Waals surface area contributed by atoms with E-state index in [4.69, 9.17) is 27.7 Å². The average Bonchev–Trinajstić information content (AvgIpc) is 3.24. The summed E-state index contributed by atoms with van der Waals surface area (Å²) in [6.45, 7) is 2.04. The lowest BCUT2D eigenvalue weighted by Gasteiger charge is -2.33. The second-order valence-electron chi connectivity index (χ2n) is 7.65. The number of aliphatic carboxylic acids is 1. The average molecular weight is 484 g/mol. The lowest BCUT2D eigenvalue weighted by molar-refractivity contribution is -0.152. The smallest absolute Gasteiger partial charge is 0.332 e. The number of hydrazone groups is 1. The van der Waals surface area contributed by atoms with Crippen LogP contribution in [0, 0.1) is 5.41 Å². The van der Waals surface area contributed by atoms with Gasteiger partial charge in [-0.3, -0.25) is 29.5 Å². The molecule has 3 atom stereocenters. The molecule has 0 saturated carbocycles. The quantitative estimate of drug-likeness (QED) is 0.0689. The minimum atomic E-state index is -1.32. The van der Waals surface area contributed by atoms with Gasteiger partial charge in [-0.05, 0) is 25.7 Å². The molecule has 1 fully saturated rings. The Morgan fingerprint density at radius 3 is 2.53 bits per heavy atom. The molecule has 1 saturated heterocycles. The number of carboxylic acid groups (broad SMARTS) is 1. The van der Waals surface area contributed by atoms with Gasteiger partial charge in [0, 0.05) is 25.7 Å². The number of carbonyl (C=O) groups excluding carboxylic acids is 4. The molecule has 10 N–H and O–H groups in total. The molecule has 1 heterocycles. The standard InChI is InChI=1S/C19H33N9O6/c1-2-14(29)28(11(10-25-26-19(23)34)5-3-7-24-18(21)22)17(33)13-6-4-8-27(13)16(32)12(20)9-15(30)31/h10-13H,2-9,20H2,1H3,(H,30,31)(H4,21,22,24)(H3,23,26,34)/t11-,12-,13-/m0/s1. The summed E-state index contributed by atoms with van der Waals surface area (Å²) >= 11 is 0. The molecule has 0 aromatic rings. The van der Waals surface area contributed by atoms with Gasteiger partial charge in [0.25, 0.3) is 5.91 Å². The summed E-state index contributed by atoms with van der Waals surface area (Å²) in [5.41, 5.74) is 18.0. The second-order valence-corrected chi connectivity index (χ2v) is 7.65. The fourth-order valence-electron chi connectivity index (χ4n) is 3.57. The Morgan fingerprint density at radius 1 is 1.29 bits per heavy atom. The van der Waals surface area contributed by atoms with Crippen LogP contribution in [0.15, 0.2) is 5.10 Å². The zero-order valence-corrected chi connectivity index (χ0v) is 19.0.